The van der Waals surface area contributed by atoms with Crippen molar-refractivity contribution >= 4 is 15.9 Å². The van der Waals surface area contributed by atoms with Crippen LogP contribution in [0.1, 0.15) is 17.7 Å². The first-order chi connectivity index (χ1) is 12.4. The van der Waals surface area contributed by atoms with E-state index in [9.17, 15) is 12.8 Å². The summed E-state index contributed by atoms with van der Waals surface area (Å²) < 4.78 is 38.4. The zero-order valence-corrected chi connectivity index (χ0v) is 15.0. The Balaban J connectivity index is 1.85. The van der Waals surface area contributed by atoms with E-state index in [0.717, 1.165) is 41.0 Å². The van der Waals surface area contributed by atoms with Crippen LogP contribution in [0.5, 0.6) is 0 Å². The number of fused-ring (bicyclic) bond motifs is 1. The topological polar surface area (TPSA) is 52.0 Å². The molecule has 132 valence electrons. The molecule has 6 heteroatoms. The average molecular weight is 368 g/mol. The smallest absolute Gasteiger partial charge is 0.175 e. The number of halogens is 1. The molecule has 4 rings (SSSR count). The third kappa shape index (κ3) is 2.97. The van der Waals surface area contributed by atoms with Crippen molar-refractivity contribution in [1.82, 2.24) is 9.78 Å². The molecule has 0 fully saturated rings. The van der Waals surface area contributed by atoms with E-state index in [1.165, 1.54) is 18.4 Å². The summed E-state index contributed by atoms with van der Waals surface area (Å²) in [6, 6.07) is 13.0. The number of aromatic nitrogens is 2. The Morgan fingerprint density at radius 3 is 2.38 bits per heavy atom. The molecule has 0 radical (unpaired) electrons. The lowest BCUT2D eigenvalue weighted by Crippen LogP contribution is -2.03. The van der Waals surface area contributed by atoms with Crippen LogP contribution in [0.4, 0.5) is 4.39 Å². The molecule has 1 aliphatic carbocycles. The molecule has 0 unspecified atom stereocenters. The van der Waals surface area contributed by atoms with Crippen molar-refractivity contribution < 1.29 is 12.8 Å². The summed E-state index contributed by atoms with van der Waals surface area (Å²) in [7, 11) is -3.24. The van der Waals surface area contributed by atoms with Crippen molar-refractivity contribution in [2.75, 3.05) is 6.26 Å². The molecule has 26 heavy (non-hydrogen) atoms. The maximum Gasteiger partial charge on any atom is 0.175 e. The van der Waals surface area contributed by atoms with E-state index in [-0.39, 0.29) is 10.7 Å². The maximum absolute atomic E-state index is 13.3. The van der Waals surface area contributed by atoms with Gasteiger partial charge in [-0.25, -0.2) is 17.5 Å². The maximum atomic E-state index is 13.3. The highest BCUT2D eigenvalue weighted by Crippen LogP contribution is 2.32. The van der Waals surface area contributed by atoms with Gasteiger partial charge in [-0.3, -0.25) is 0 Å². The van der Waals surface area contributed by atoms with Gasteiger partial charge in [-0.2, -0.15) is 5.10 Å². The second-order valence-electron chi connectivity index (χ2n) is 6.34. The van der Waals surface area contributed by atoms with Crippen molar-refractivity contribution in [3.63, 3.8) is 0 Å². The van der Waals surface area contributed by atoms with Crippen LogP contribution in [0, 0.1) is 5.82 Å². The molecule has 0 aliphatic heterocycles. The Morgan fingerprint density at radius 1 is 1.04 bits per heavy atom. The summed E-state index contributed by atoms with van der Waals surface area (Å²) >= 11 is 0. The fraction of sp³-hybridized carbons (Fsp3) is 0.150. The SMILES string of the molecule is CS(=O)(=O)c1ccc(-n2nc(-c3ccc(F)cc3)c3c2C=CCC3)cc1. The van der Waals surface area contributed by atoms with E-state index in [0.29, 0.717) is 0 Å². The number of allylic oxidation sites excluding steroid dienone is 1. The molecular formula is C20H17FN2O2S. The van der Waals surface area contributed by atoms with E-state index in [2.05, 4.69) is 6.08 Å². The zero-order chi connectivity index (χ0) is 18.3. The van der Waals surface area contributed by atoms with Crippen LogP contribution in [0.25, 0.3) is 23.0 Å². The Labute approximate surface area is 151 Å². The van der Waals surface area contributed by atoms with Gasteiger partial charge in [0, 0.05) is 17.4 Å². The van der Waals surface area contributed by atoms with E-state index in [1.54, 1.807) is 36.4 Å². The molecule has 0 amide bonds. The second kappa shape index (κ2) is 6.21. The Bertz CT molecular complexity index is 1100. The van der Waals surface area contributed by atoms with Gasteiger partial charge in [-0.15, -0.1) is 0 Å². The fourth-order valence-electron chi connectivity index (χ4n) is 3.17. The Morgan fingerprint density at radius 2 is 1.73 bits per heavy atom. The van der Waals surface area contributed by atoms with Gasteiger partial charge in [0.25, 0.3) is 0 Å². The number of sulfone groups is 1. The van der Waals surface area contributed by atoms with Gasteiger partial charge in [0.05, 0.1) is 22.0 Å². The summed E-state index contributed by atoms with van der Waals surface area (Å²) in [4.78, 5) is 0.275. The standard InChI is InChI=1S/C20H17FN2O2S/c1-26(24,25)17-12-10-16(11-13-17)23-19-5-3-2-4-18(19)20(22-23)14-6-8-15(21)9-7-14/h3,5-13H,2,4H2,1H3. The van der Waals surface area contributed by atoms with Gasteiger partial charge in [0.15, 0.2) is 9.84 Å². The van der Waals surface area contributed by atoms with Crippen molar-refractivity contribution in [2.45, 2.75) is 17.7 Å². The van der Waals surface area contributed by atoms with Crippen LogP contribution in [0.15, 0.2) is 59.5 Å². The third-order valence-corrected chi connectivity index (χ3v) is 5.62. The van der Waals surface area contributed by atoms with Crippen molar-refractivity contribution in [3.8, 4) is 16.9 Å². The van der Waals surface area contributed by atoms with Gasteiger partial charge >= 0.3 is 0 Å². The van der Waals surface area contributed by atoms with Gasteiger partial charge in [0.2, 0.25) is 0 Å². The summed E-state index contributed by atoms with van der Waals surface area (Å²) in [6.07, 6.45) is 7.11. The highest BCUT2D eigenvalue weighted by molar-refractivity contribution is 7.90. The monoisotopic (exact) mass is 368 g/mol. The van der Waals surface area contributed by atoms with E-state index >= 15 is 0 Å². The summed E-state index contributed by atoms with van der Waals surface area (Å²) in [5, 5.41) is 4.75. The van der Waals surface area contributed by atoms with Crippen LogP contribution in [-0.2, 0) is 16.3 Å². The minimum atomic E-state index is -3.24. The van der Waals surface area contributed by atoms with Crippen LogP contribution >= 0.6 is 0 Å². The largest absolute Gasteiger partial charge is 0.233 e. The number of nitrogens with zero attached hydrogens (tertiary/aromatic N) is 2. The summed E-state index contributed by atoms with van der Waals surface area (Å²) in [6.45, 7) is 0. The third-order valence-electron chi connectivity index (χ3n) is 4.49. The molecule has 3 aromatic rings. The van der Waals surface area contributed by atoms with Crippen LogP contribution in [0.2, 0.25) is 0 Å². The average Bonchev–Trinajstić information content (AvgIpc) is 3.01. The molecule has 0 atom stereocenters. The molecule has 1 heterocycles. The highest BCUT2D eigenvalue weighted by Gasteiger charge is 2.20. The van der Waals surface area contributed by atoms with Crippen molar-refractivity contribution in [3.05, 3.63) is 71.7 Å². The molecule has 0 N–H and O–H groups in total. The molecule has 1 aromatic heterocycles. The van der Waals surface area contributed by atoms with Gasteiger partial charge in [-0.1, -0.05) is 6.08 Å². The molecule has 0 bridgehead atoms. The first-order valence-electron chi connectivity index (χ1n) is 8.28. The molecule has 2 aromatic carbocycles. The lowest BCUT2D eigenvalue weighted by atomic mass is 9.98. The molecule has 1 aliphatic rings. The predicted octanol–water partition coefficient (Wildman–Crippen LogP) is 4.04. The lowest BCUT2D eigenvalue weighted by Gasteiger charge is -2.09. The van der Waals surface area contributed by atoms with Crippen molar-refractivity contribution in [1.29, 1.82) is 0 Å². The molecular weight excluding hydrogens is 351 g/mol. The molecule has 0 saturated carbocycles. The molecule has 4 nitrogen and oxygen atoms in total. The van der Waals surface area contributed by atoms with Gasteiger partial charge in [0.1, 0.15) is 5.82 Å². The van der Waals surface area contributed by atoms with Crippen LogP contribution in [0.3, 0.4) is 0 Å². The first kappa shape index (κ1) is 16.7. The summed E-state index contributed by atoms with van der Waals surface area (Å²) in [5.41, 5.74) is 4.57. The fourth-order valence-corrected chi connectivity index (χ4v) is 3.81. The number of benzene rings is 2. The zero-order valence-electron chi connectivity index (χ0n) is 14.2. The minimum Gasteiger partial charge on any atom is -0.233 e. The summed E-state index contributed by atoms with van der Waals surface area (Å²) in [5.74, 6) is -0.279. The minimum absolute atomic E-state index is 0.275. The normalized spacial score (nSPS) is 13.6. The second-order valence-corrected chi connectivity index (χ2v) is 8.35. The van der Waals surface area contributed by atoms with E-state index < -0.39 is 9.84 Å². The van der Waals surface area contributed by atoms with Gasteiger partial charge < -0.3 is 0 Å². The quantitative estimate of drug-likeness (QED) is 0.701. The Kier molecular flexibility index (Phi) is 4.00. The number of rotatable bonds is 3. The lowest BCUT2D eigenvalue weighted by molar-refractivity contribution is 0.602. The van der Waals surface area contributed by atoms with E-state index in [4.69, 9.17) is 5.10 Å². The van der Waals surface area contributed by atoms with Crippen LogP contribution in [-0.4, -0.2) is 24.5 Å². The number of hydrogen-bond donors (Lipinski definition) is 0. The number of hydrogen-bond acceptors (Lipinski definition) is 3. The molecule has 0 spiro atoms. The van der Waals surface area contributed by atoms with Gasteiger partial charge in [-0.05, 0) is 67.4 Å². The highest BCUT2D eigenvalue weighted by atomic mass is 32.2. The van der Waals surface area contributed by atoms with E-state index in [1.807, 2.05) is 10.8 Å². The van der Waals surface area contributed by atoms with Crippen LogP contribution < -0.4 is 0 Å². The Hall–Kier alpha value is -2.73. The van der Waals surface area contributed by atoms with Crippen molar-refractivity contribution in [2.24, 2.45) is 0 Å². The first-order valence-corrected chi connectivity index (χ1v) is 10.2. The predicted molar refractivity (Wildman–Crippen MR) is 99.4 cm³/mol. The molecule has 0 saturated heterocycles.